The smallest absolute Gasteiger partial charge is 0.301 e. The molecular weight excluding hydrogens is 485 g/mol. The highest BCUT2D eigenvalue weighted by Crippen LogP contribution is 2.35. The average molecular weight is 504 g/mol. The molecule has 7 nitrogen and oxygen atoms in total. The highest BCUT2D eigenvalue weighted by molar-refractivity contribution is 7.90. The van der Waals surface area contributed by atoms with Gasteiger partial charge in [-0.15, -0.1) is 0 Å². The van der Waals surface area contributed by atoms with E-state index in [0.717, 1.165) is 15.4 Å². The number of nitrogens with two attached hydrogens (primary N) is 1. The van der Waals surface area contributed by atoms with Crippen molar-refractivity contribution in [3.63, 3.8) is 0 Å². The molecule has 0 radical (unpaired) electrons. The average Bonchev–Trinajstić information content (AvgIpc) is 3.09. The van der Waals surface area contributed by atoms with Crippen LogP contribution in [0.1, 0.15) is 16.1 Å². The van der Waals surface area contributed by atoms with E-state index in [4.69, 9.17) is 33.4 Å². The molecule has 3 N–H and O–H groups in total. The lowest BCUT2D eigenvalue weighted by Gasteiger charge is -2.14. The van der Waals surface area contributed by atoms with E-state index in [1.807, 2.05) is 12.1 Å². The van der Waals surface area contributed by atoms with Gasteiger partial charge in [0, 0.05) is 30.1 Å². The predicted molar refractivity (Wildman–Crippen MR) is 132 cm³/mol. The summed E-state index contributed by atoms with van der Waals surface area (Å²) in [7, 11) is -0.754. The number of nitrogens with one attached hydrogen (secondary N) is 1. The van der Waals surface area contributed by atoms with Crippen molar-refractivity contribution in [2.45, 2.75) is 0 Å². The maximum atomic E-state index is 13.0. The maximum absolute atomic E-state index is 13.0. The molecule has 1 heterocycles. The number of nitrogen functional groups attached to an aromatic ring is 1. The first-order valence-corrected chi connectivity index (χ1v) is 11.9. The van der Waals surface area contributed by atoms with Crippen LogP contribution < -0.4 is 10.5 Å². The van der Waals surface area contributed by atoms with Gasteiger partial charge in [0.2, 0.25) is 5.78 Å². The second-order valence-corrected chi connectivity index (χ2v) is 10.2. The Balaban J connectivity index is 1.71. The Bertz CT molecular complexity index is 1500. The third kappa shape index (κ3) is 4.56. The van der Waals surface area contributed by atoms with Gasteiger partial charge in [-0.1, -0.05) is 41.4 Å². The van der Waals surface area contributed by atoms with Gasteiger partial charge >= 0.3 is 10.2 Å². The van der Waals surface area contributed by atoms with Crippen LogP contribution in [0, 0.1) is 0 Å². The summed E-state index contributed by atoms with van der Waals surface area (Å²) in [6, 6.07) is 16.8. The van der Waals surface area contributed by atoms with Crippen LogP contribution in [0.25, 0.3) is 22.1 Å². The second-order valence-electron chi connectivity index (χ2n) is 7.48. The standard InChI is InChI=1S/C23H19Cl2N3O4S/c1-28(2)33(30,31)27-16-5-3-4-13(10-16)14-6-8-18-20(11-14)32-23(21(18)26)22(29)17-9-7-15(24)12-19(17)25/h3-12,27H,26H2,1-2H3. The Labute approximate surface area is 200 Å². The number of benzene rings is 3. The molecule has 1 aromatic heterocycles. The number of fused-ring (bicyclic) bond motifs is 1. The van der Waals surface area contributed by atoms with E-state index in [0.29, 0.717) is 21.7 Å². The van der Waals surface area contributed by atoms with Crippen LogP contribution in [0.5, 0.6) is 0 Å². The number of ketones is 1. The monoisotopic (exact) mass is 503 g/mol. The lowest BCUT2D eigenvalue weighted by molar-refractivity contribution is 0.101. The van der Waals surface area contributed by atoms with Crippen molar-refractivity contribution >= 4 is 61.5 Å². The molecule has 0 aliphatic rings. The van der Waals surface area contributed by atoms with Gasteiger partial charge in [0.1, 0.15) is 5.58 Å². The van der Waals surface area contributed by atoms with Crippen molar-refractivity contribution in [3.8, 4) is 11.1 Å². The van der Waals surface area contributed by atoms with E-state index in [9.17, 15) is 13.2 Å². The number of halogens is 2. The van der Waals surface area contributed by atoms with E-state index < -0.39 is 16.0 Å². The highest BCUT2D eigenvalue weighted by atomic mass is 35.5. The van der Waals surface area contributed by atoms with Crippen LogP contribution >= 0.6 is 23.2 Å². The van der Waals surface area contributed by atoms with Gasteiger partial charge in [-0.2, -0.15) is 12.7 Å². The highest BCUT2D eigenvalue weighted by Gasteiger charge is 2.22. The van der Waals surface area contributed by atoms with E-state index in [2.05, 4.69) is 4.72 Å². The van der Waals surface area contributed by atoms with Gasteiger partial charge < -0.3 is 10.2 Å². The fourth-order valence-corrected chi connectivity index (χ4v) is 4.36. The van der Waals surface area contributed by atoms with E-state index in [-0.39, 0.29) is 22.0 Å². The van der Waals surface area contributed by atoms with Gasteiger partial charge in [-0.25, -0.2) is 0 Å². The van der Waals surface area contributed by atoms with Crippen LogP contribution in [-0.4, -0.2) is 32.6 Å². The van der Waals surface area contributed by atoms with Crippen LogP contribution in [0.2, 0.25) is 10.0 Å². The number of anilines is 2. The Hall–Kier alpha value is -3.04. The molecule has 0 saturated carbocycles. The Kier molecular flexibility index (Phi) is 6.11. The molecule has 0 atom stereocenters. The van der Waals surface area contributed by atoms with Crippen molar-refractivity contribution in [1.29, 1.82) is 0 Å². The largest absolute Gasteiger partial charge is 0.450 e. The second kappa shape index (κ2) is 8.72. The molecule has 10 heteroatoms. The van der Waals surface area contributed by atoms with Crippen molar-refractivity contribution in [2.75, 3.05) is 24.6 Å². The van der Waals surface area contributed by atoms with Gasteiger partial charge in [0.25, 0.3) is 0 Å². The molecule has 4 aromatic rings. The predicted octanol–water partition coefficient (Wildman–Crippen LogP) is 5.44. The lowest BCUT2D eigenvalue weighted by Crippen LogP contribution is -2.28. The van der Waals surface area contributed by atoms with Crippen LogP contribution in [0.15, 0.2) is 65.1 Å². The molecule has 33 heavy (non-hydrogen) atoms. The molecule has 0 unspecified atom stereocenters. The summed E-state index contributed by atoms with van der Waals surface area (Å²) in [5, 5.41) is 1.19. The third-order valence-corrected chi connectivity index (χ3v) is 7.04. The SMILES string of the molecule is CN(C)S(=O)(=O)Nc1cccc(-c2ccc3c(N)c(C(=O)c4ccc(Cl)cc4Cl)oc3c2)c1. The van der Waals surface area contributed by atoms with E-state index in [1.165, 1.54) is 26.2 Å². The molecule has 3 aromatic carbocycles. The molecule has 4 rings (SSSR count). The fourth-order valence-electron chi connectivity index (χ4n) is 3.26. The maximum Gasteiger partial charge on any atom is 0.301 e. The zero-order valence-corrected chi connectivity index (χ0v) is 19.9. The summed E-state index contributed by atoms with van der Waals surface area (Å²) < 4.78 is 33.7. The zero-order chi connectivity index (χ0) is 23.9. The number of hydrogen-bond donors (Lipinski definition) is 2. The molecule has 0 bridgehead atoms. The van der Waals surface area contributed by atoms with E-state index in [1.54, 1.807) is 36.4 Å². The van der Waals surface area contributed by atoms with Crippen LogP contribution in [-0.2, 0) is 10.2 Å². The first-order valence-electron chi connectivity index (χ1n) is 9.69. The summed E-state index contributed by atoms with van der Waals surface area (Å²) in [6.07, 6.45) is 0. The lowest BCUT2D eigenvalue weighted by atomic mass is 10.0. The van der Waals surface area contributed by atoms with Gasteiger partial charge in [-0.05, 0) is 53.6 Å². The summed E-state index contributed by atoms with van der Waals surface area (Å²) in [6.45, 7) is 0. The Morgan fingerprint density at radius 2 is 1.73 bits per heavy atom. The number of carbonyl (C=O) groups is 1. The normalized spacial score (nSPS) is 11.8. The van der Waals surface area contributed by atoms with Crippen molar-refractivity contribution < 1.29 is 17.6 Å². The van der Waals surface area contributed by atoms with Crippen molar-refractivity contribution in [2.24, 2.45) is 0 Å². The van der Waals surface area contributed by atoms with E-state index >= 15 is 0 Å². The Morgan fingerprint density at radius 3 is 2.42 bits per heavy atom. The minimum absolute atomic E-state index is 0.0149. The van der Waals surface area contributed by atoms with Crippen molar-refractivity contribution in [1.82, 2.24) is 4.31 Å². The first-order chi connectivity index (χ1) is 15.6. The summed E-state index contributed by atoms with van der Waals surface area (Å²) in [5.74, 6) is -0.467. The Morgan fingerprint density at radius 1 is 1.00 bits per heavy atom. The number of furan rings is 1. The molecule has 170 valence electrons. The van der Waals surface area contributed by atoms with Crippen LogP contribution in [0.4, 0.5) is 11.4 Å². The zero-order valence-electron chi connectivity index (χ0n) is 17.6. The number of carbonyl (C=O) groups excluding carboxylic acids is 1. The molecule has 0 amide bonds. The minimum atomic E-state index is -3.64. The fraction of sp³-hybridized carbons (Fsp3) is 0.0870. The number of rotatable bonds is 6. The molecule has 0 spiro atoms. The van der Waals surface area contributed by atoms with Gasteiger partial charge in [0.15, 0.2) is 5.76 Å². The summed E-state index contributed by atoms with van der Waals surface area (Å²) >= 11 is 12.1. The molecule has 0 saturated heterocycles. The molecule has 0 aliphatic heterocycles. The topological polar surface area (TPSA) is 106 Å². The number of hydrogen-bond acceptors (Lipinski definition) is 5. The van der Waals surface area contributed by atoms with Gasteiger partial charge in [0.05, 0.1) is 16.4 Å². The molecular formula is C23H19Cl2N3O4S. The molecule has 0 aliphatic carbocycles. The number of nitrogens with zero attached hydrogens (tertiary/aromatic N) is 1. The van der Waals surface area contributed by atoms with Gasteiger partial charge in [-0.3, -0.25) is 9.52 Å². The molecule has 0 fully saturated rings. The quantitative estimate of drug-likeness (QED) is 0.340. The summed E-state index contributed by atoms with van der Waals surface area (Å²) in [4.78, 5) is 13.0. The third-order valence-electron chi connectivity index (χ3n) is 5.03. The summed E-state index contributed by atoms with van der Waals surface area (Å²) in [5.41, 5.74) is 8.97. The first kappa shape index (κ1) is 23.1. The minimum Gasteiger partial charge on any atom is -0.450 e. The van der Waals surface area contributed by atoms with Crippen LogP contribution in [0.3, 0.4) is 0 Å². The van der Waals surface area contributed by atoms with Crippen molar-refractivity contribution in [3.05, 3.63) is 82.0 Å².